The molecule has 1 aliphatic rings. The molecule has 0 saturated carbocycles. The number of carbonyl (C=O) groups is 1. The van der Waals surface area contributed by atoms with E-state index in [1.807, 2.05) is 29.2 Å². The molecule has 35 heavy (non-hydrogen) atoms. The SMILES string of the molecule is CCC1CN(c2ccc(C#N)cc2)CC(C)N1C(=O)c1cnn(-c2nn3cccc3c(=O)[nH]2)c1C. The summed E-state index contributed by atoms with van der Waals surface area (Å²) in [6, 6.07) is 13.1. The Morgan fingerprint density at radius 1 is 1.23 bits per heavy atom. The number of piperazine rings is 1. The number of carbonyl (C=O) groups excluding carboxylic acids is 1. The first kappa shape index (κ1) is 22.4. The maximum atomic E-state index is 13.7. The van der Waals surface area contributed by atoms with Gasteiger partial charge in [0, 0.05) is 37.1 Å². The Labute approximate surface area is 202 Å². The summed E-state index contributed by atoms with van der Waals surface area (Å²) in [7, 11) is 0. The summed E-state index contributed by atoms with van der Waals surface area (Å²) < 4.78 is 2.99. The first-order valence-corrected chi connectivity index (χ1v) is 11.6. The summed E-state index contributed by atoms with van der Waals surface area (Å²) in [6.07, 6.45) is 4.04. The number of H-pyrrole nitrogens is 1. The molecule has 1 aromatic carbocycles. The van der Waals surface area contributed by atoms with Crippen molar-refractivity contribution in [1.82, 2.24) is 29.3 Å². The van der Waals surface area contributed by atoms with Crippen LogP contribution < -0.4 is 10.5 Å². The Balaban J connectivity index is 1.42. The fourth-order valence-corrected chi connectivity index (χ4v) is 4.83. The first-order valence-electron chi connectivity index (χ1n) is 11.6. The number of aromatic nitrogens is 5. The van der Waals surface area contributed by atoms with Crippen molar-refractivity contribution in [3.05, 3.63) is 76.0 Å². The van der Waals surface area contributed by atoms with Gasteiger partial charge in [0.1, 0.15) is 5.52 Å². The third kappa shape index (κ3) is 3.85. The minimum Gasteiger partial charge on any atom is -0.367 e. The van der Waals surface area contributed by atoms with Crippen LogP contribution in [0.25, 0.3) is 11.5 Å². The van der Waals surface area contributed by atoms with Gasteiger partial charge in [-0.1, -0.05) is 6.92 Å². The van der Waals surface area contributed by atoms with E-state index in [1.165, 1.54) is 9.20 Å². The lowest BCUT2D eigenvalue weighted by Gasteiger charge is -2.46. The zero-order valence-corrected chi connectivity index (χ0v) is 19.8. The average Bonchev–Trinajstić information content (AvgIpc) is 3.50. The summed E-state index contributed by atoms with van der Waals surface area (Å²) in [4.78, 5) is 33.1. The summed E-state index contributed by atoms with van der Waals surface area (Å²) >= 11 is 0. The highest BCUT2D eigenvalue weighted by molar-refractivity contribution is 5.95. The molecule has 0 bridgehead atoms. The van der Waals surface area contributed by atoms with E-state index in [9.17, 15) is 9.59 Å². The molecule has 178 valence electrons. The van der Waals surface area contributed by atoms with Crippen molar-refractivity contribution in [3.63, 3.8) is 0 Å². The van der Waals surface area contributed by atoms with Gasteiger partial charge < -0.3 is 9.80 Å². The molecule has 4 aromatic rings. The molecular weight excluding hydrogens is 444 g/mol. The molecule has 0 spiro atoms. The van der Waals surface area contributed by atoms with Gasteiger partial charge in [-0.2, -0.15) is 10.4 Å². The molecule has 1 fully saturated rings. The molecule has 2 atom stereocenters. The Bertz CT molecular complexity index is 1490. The Morgan fingerprint density at radius 2 is 2.00 bits per heavy atom. The van der Waals surface area contributed by atoms with Crippen molar-refractivity contribution >= 4 is 17.1 Å². The molecule has 0 radical (unpaired) electrons. The van der Waals surface area contributed by atoms with Gasteiger partial charge in [-0.15, -0.1) is 5.10 Å². The highest BCUT2D eigenvalue weighted by atomic mass is 16.2. The molecule has 2 unspecified atom stereocenters. The van der Waals surface area contributed by atoms with Crippen LogP contribution in [0.3, 0.4) is 0 Å². The number of fused-ring (bicyclic) bond motifs is 1. The zero-order chi connectivity index (χ0) is 24.7. The van der Waals surface area contributed by atoms with Crippen LogP contribution >= 0.6 is 0 Å². The number of hydrogen-bond donors (Lipinski definition) is 1. The first-order chi connectivity index (χ1) is 16.9. The average molecular weight is 471 g/mol. The smallest absolute Gasteiger partial charge is 0.276 e. The predicted octanol–water partition coefficient (Wildman–Crippen LogP) is 2.52. The van der Waals surface area contributed by atoms with Gasteiger partial charge >= 0.3 is 0 Å². The lowest BCUT2D eigenvalue weighted by Crippen LogP contribution is -2.59. The second kappa shape index (κ2) is 8.76. The van der Waals surface area contributed by atoms with Gasteiger partial charge in [0.05, 0.1) is 29.1 Å². The van der Waals surface area contributed by atoms with Crippen molar-refractivity contribution in [3.8, 4) is 12.0 Å². The van der Waals surface area contributed by atoms with Crippen molar-refractivity contribution in [2.24, 2.45) is 0 Å². The Kier molecular flexibility index (Phi) is 5.61. The summed E-state index contributed by atoms with van der Waals surface area (Å²) in [5.41, 5.74) is 2.93. The van der Waals surface area contributed by atoms with Gasteiger partial charge in [-0.25, -0.2) is 9.20 Å². The van der Waals surface area contributed by atoms with E-state index in [1.54, 1.807) is 31.5 Å². The lowest BCUT2D eigenvalue weighted by molar-refractivity contribution is 0.0543. The molecule has 10 nitrogen and oxygen atoms in total. The molecule has 1 saturated heterocycles. The topological polar surface area (TPSA) is 115 Å². The van der Waals surface area contributed by atoms with Crippen molar-refractivity contribution in [1.29, 1.82) is 5.26 Å². The van der Waals surface area contributed by atoms with E-state index in [4.69, 9.17) is 5.26 Å². The van der Waals surface area contributed by atoms with Crippen molar-refractivity contribution in [2.45, 2.75) is 39.3 Å². The van der Waals surface area contributed by atoms with Crippen LogP contribution in [0.4, 0.5) is 5.69 Å². The number of nitrogens with one attached hydrogen (secondary N) is 1. The normalized spacial score (nSPS) is 18.1. The second-order valence-corrected chi connectivity index (χ2v) is 8.86. The highest BCUT2D eigenvalue weighted by Crippen LogP contribution is 2.27. The van der Waals surface area contributed by atoms with E-state index in [2.05, 4.69) is 40.0 Å². The Morgan fingerprint density at radius 3 is 2.71 bits per heavy atom. The van der Waals surface area contributed by atoms with Gasteiger partial charge in [-0.05, 0) is 56.7 Å². The van der Waals surface area contributed by atoms with E-state index in [0.717, 1.165) is 12.1 Å². The van der Waals surface area contributed by atoms with Crippen LogP contribution in [-0.2, 0) is 0 Å². The second-order valence-electron chi connectivity index (χ2n) is 8.86. The molecule has 0 aliphatic carbocycles. The maximum Gasteiger partial charge on any atom is 0.276 e. The van der Waals surface area contributed by atoms with E-state index >= 15 is 0 Å². The number of rotatable bonds is 4. The van der Waals surface area contributed by atoms with Gasteiger partial charge in [-0.3, -0.25) is 14.6 Å². The van der Waals surface area contributed by atoms with Crippen LogP contribution in [0.5, 0.6) is 0 Å². The molecule has 3 aromatic heterocycles. The number of amides is 1. The molecule has 5 rings (SSSR count). The molecule has 1 amide bonds. The zero-order valence-electron chi connectivity index (χ0n) is 19.8. The van der Waals surface area contributed by atoms with Crippen molar-refractivity contribution < 1.29 is 4.79 Å². The van der Waals surface area contributed by atoms with Crippen LogP contribution in [0.1, 0.15) is 41.9 Å². The van der Waals surface area contributed by atoms with E-state index in [-0.39, 0.29) is 29.5 Å². The number of nitrogens with zero attached hydrogens (tertiary/aromatic N) is 7. The van der Waals surface area contributed by atoms with Gasteiger partial charge in [0.15, 0.2) is 0 Å². The third-order valence-corrected chi connectivity index (χ3v) is 6.68. The number of aromatic amines is 1. The quantitative estimate of drug-likeness (QED) is 0.490. The minimum absolute atomic E-state index is 0.0128. The monoisotopic (exact) mass is 470 g/mol. The number of nitriles is 1. The summed E-state index contributed by atoms with van der Waals surface area (Å²) in [5, 5.41) is 17.9. The predicted molar refractivity (Wildman–Crippen MR) is 131 cm³/mol. The number of anilines is 1. The minimum atomic E-state index is -0.277. The molecule has 1 N–H and O–H groups in total. The maximum absolute atomic E-state index is 13.7. The molecule has 1 aliphatic heterocycles. The van der Waals surface area contributed by atoms with E-state index < -0.39 is 0 Å². The highest BCUT2D eigenvalue weighted by Gasteiger charge is 2.36. The molecular formula is C25H26N8O2. The standard InChI is InChI=1S/C25H26N8O2/c1-4-19-15-30(20-9-7-18(12-26)8-10-20)14-16(2)32(19)24(35)21-13-27-33(17(21)3)25-28-23(34)22-6-5-11-31(22)29-25/h5-11,13,16,19H,4,14-15H2,1-3H3,(H,28,29,34). The van der Waals surface area contributed by atoms with Crippen LogP contribution in [-0.4, -0.2) is 60.4 Å². The molecule has 10 heteroatoms. The van der Waals surface area contributed by atoms with Gasteiger partial charge in [0.2, 0.25) is 5.95 Å². The van der Waals surface area contributed by atoms with Crippen LogP contribution in [0, 0.1) is 18.3 Å². The van der Waals surface area contributed by atoms with E-state index in [0.29, 0.717) is 35.4 Å². The number of hydrogen-bond acceptors (Lipinski definition) is 6. The summed E-state index contributed by atoms with van der Waals surface area (Å²) in [6.45, 7) is 7.32. The van der Waals surface area contributed by atoms with Crippen LogP contribution in [0.2, 0.25) is 0 Å². The summed E-state index contributed by atoms with van der Waals surface area (Å²) in [5.74, 6) is 0.165. The van der Waals surface area contributed by atoms with Crippen molar-refractivity contribution in [2.75, 3.05) is 18.0 Å². The lowest BCUT2D eigenvalue weighted by atomic mass is 10.0. The molecule has 4 heterocycles. The fraction of sp³-hybridized carbons (Fsp3) is 0.320. The van der Waals surface area contributed by atoms with Gasteiger partial charge in [0.25, 0.3) is 11.5 Å². The largest absolute Gasteiger partial charge is 0.367 e. The fourth-order valence-electron chi connectivity index (χ4n) is 4.83. The number of benzene rings is 1. The Hall–Kier alpha value is -4.39. The van der Waals surface area contributed by atoms with Crippen LogP contribution in [0.15, 0.2) is 53.6 Å². The third-order valence-electron chi connectivity index (χ3n) is 6.68.